The van der Waals surface area contributed by atoms with E-state index in [0.717, 1.165) is 79.6 Å². The molecule has 1 aromatic heterocycles. The van der Waals surface area contributed by atoms with E-state index in [2.05, 4.69) is 45.5 Å². The summed E-state index contributed by atoms with van der Waals surface area (Å²) in [6.45, 7) is 4.30. The van der Waals surface area contributed by atoms with Gasteiger partial charge < -0.3 is 29.5 Å². The van der Waals surface area contributed by atoms with Gasteiger partial charge in [-0.05, 0) is 79.8 Å². The Morgan fingerprint density at radius 1 is 0.887 bits per heavy atom. The lowest BCUT2D eigenvalue weighted by Gasteiger charge is -2.29. The van der Waals surface area contributed by atoms with Gasteiger partial charge in [0.2, 0.25) is 0 Å². The number of pyridine rings is 1. The lowest BCUT2D eigenvalue weighted by molar-refractivity contribution is 0.0800. The Morgan fingerprint density at radius 2 is 1.70 bits per heavy atom. The molecule has 53 heavy (non-hydrogen) atoms. The molecule has 2 heterocycles. The highest BCUT2D eigenvalue weighted by Crippen LogP contribution is 2.45. The van der Waals surface area contributed by atoms with Crippen molar-refractivity contribution in [2.75, 3.05) is 26.2 Å². The van der Waals surface area contributed by atoms with E-state index in [1.54, 1.807) is 18.5 Å². The number of hydrogen-bond acceptors (Lipinski definition) is 8. The molecule has 0 bridgehead atoms. The second-order valence-corrected chi connectivity index (χ2v) is 15.3. The summed E-state index contributed by atoms with van der Waals surface area (Å²) in [7, 11) is 0. The van der Waals surface area contributed by atoms with Crippen molar-refractivity contribution in [3.05, 3.63) is 105 Å². The van der Waals surface area contributed by atoms with E-state index >= 15 is 0 Å². The Labute approximate surface area is 323 Å². The largest absolute Gasteiger partial charge is 0.492 e. The number of nitriles is 1. The number of fused-ring (bicyclic) bond motifs is 1. The number of aliphatic hydroxyl groups is 1. The maximum absolute atomic E-state index is 9.79. The van der Waals surface area contributed by atoms with Crippen LogP contribution >= 0.6 is 23.2 Å². The van der Waals surface area contributed by atoms with Gasteiger partial charge in [-0.1, -0.05) is 72.8 Å². The molecule has 10 heteroatoms. The number of nitrogens with one attached hydrogen (secondary N) is 1. The van der Waals surface area contributed by atoms with Crippen LogP contribution in [-0.2, 0) is 19.6 Å². The average Bonchev–Trinajstić information content (AvgIpc) is 3.60. The van der Waals surface area contributed by atoms with Crippen molar-refractivity contribution in [1.82, 2.24) is 15.2 Å². The van der Waals surface area contributed by atoms with Gasteiger partial charge in [-0.25, -0.2) is 0 Å². The first-order valence-corrected chi connectivity index (χ1v) is 19.8. The van der Waals surface area contributed by atoms with E-state index in [9.17, 15) is 10.4 Å². The van der Waals surface area contributed by atoms with Crippen LogP contribution in [0.2, 0.25) is 10.0 Å². The van der Waals surface area contributed by atoms with Gasteiger partial charge in [-0.3, -0.25) is 4.98 Å². The molecular formula is C43H48Cl2N4O4. The first-order valence-electron chi connectivity index (χ1n) is 19.1. The van der Waals surface area contributed by atoms with Crippen LogP contribution in [0.15, 0.2) is 67.0 Å². The number of aromatic nitrogens is 1. The minimum atomic E-state index is -0.188. The number of benzene rings is 3. The third-order valence-corrected chi connectivity index (χ3v) is 11.5. The van der Waals surface area contributed by atoms with Gasteiger partial charge in [0.05, 0.1) is 28.3 Å². The summed E-state index contributed by atoms with van der Waals surface area (Å²) in [6.07, 6.45) is 13.3. The number of halogens is 2. The molecule has 3 aromatic carbocycles. The van der Waals surface area contributed by atoms with E-state index in [1.807, 2.05) is 24.3 Å². The molecule has 2 aliphatic carbocycles. The predicted molar refractivity (Wildman–Crippen MR) is 209 cm³/mol. The van der Waals surface area contributed by atoms with Crippen molar-refractivity contribution in [3.63, 3.8) is 0 Å². The molecule has 4 aromatic rings. The highest BCUT2D eigenvalue weighted by atomic mass is 35.5. The molecule has 0 unspecified atom stereocenters. The minimum Gasteiger partial charge on any atom is -0.492 e. The first kappa shape index (κ1) is 37.5. The second-order valence-electron chi connectivity index (χ2n) is 14.5. The lowest BCUT2D eigenvalue weighted by Crippen LogP contribution is -2.36. The number of rotatable bonds is 14. The van der Waals surface area contributed by atoms with Crippen molar-refractivity contribution in [1.29, 1.82) is 5.26 Å². The third-order valence-electron chi connectivity index (χ3n) is 10.8. The molecule has 278 valence electrons. The molecular weight excluding hydrogens is 707 g/mol. The fourth-order valence-corrected chi connectivity index (χ4v) is 8.39. The van der Waals surface area contributed by atoms with Crippen LogP contribution in [0.5, 0.6) is 17.2 Å². The van der Waals surface area contributed by atoms with Crippen molar-refractivity contribution in [3.8, 4) is 34.4 Å². The monoisotopic (exact) mass is 754 g/mol. The van der Waals surface area contributed by atoms with Gasteiger partial charge in [-0.15, -0.1) is 0 Å². The Bertz CT molecular complexity index is 1900. The number of ether oxygens (including phenoxy) is 3. The van der Waals surface area contributed by atoms with E-state index in [-0.39, 0.29) is 18.8 Å². The number of nitrogens with zero attached hydrogens (tertiary/aromatic N) is 3. The smallest absolute Gasteiger partial charge is 0.142 e. The van der Waals surface area contributed by atoms with Crippen LogP contribution in [0.25, 0.3) is 11.1 Å². The highest BCUT2D eigenvalue weighted by molar-refractivity contribution is 6.35. The number of aliphatic hydroxyl groups excluding tert-OH is 1. The van der Waals surface area contributed by atoms with Gasteiger partial charge >= 0.3 is 0 Å². The summed E-state index contributed by atoms with van der Waals surface area (Å²) in [5, 5.41) is 24.0. The maximum atomic E-state index is 9.79. The SMILES string of the molecule is N#Cc1cncc(COc2cc(O[C@H]3CCc4c(-c5cccc(OCCCN6CCC(O)CC6)c5Cl)cccc43)c(Cl)cc2CNC2CCCCC2)c1. The van der Waals surface area contributed by atoms with Crippen molar-refractivity contribution >= 4 is 23.2 Å². The maximum Gasteiger partial charge on any atom is 0.142 e. The fourth-order valence-electron chi connectivity index (χ4n) is 7.88. The zero-order valence-electron chi connectivity index (χ0n) is 30.2. The minimum absolute atomic E-state index is 0.162. The van der Waals surface area contributed by atoms with Gasteiger partial charge in [0, 0.05) is 67.4 Å². The van der Waals surface area contributed by atoms with Crippen LogP contribution in [0, 0.1) is 11.3 Å². The van der Waals surface area contributed by atoms with Crippen LogP contribution < -0.4 is 19.5 Å². The van der Waals surface area contributed by atoms with E-state index in [1.165, 1.54) is 37.7 Å². The molecule has 3 aliphatic rings. The molecule has 2 N–H and O–H groups in total. The fraction of sp³-hybridized carbons (Fsp3) is 0.442. The Balaban J connectivity index is 1.06. The number of likely N-dealkylation sites (tertiary alicyclic amines) is 1. The van der Waals surface area contributed by atoms with Gasteiger partial charge in [0.25, 0.3) is 0 Å². The first-order chi connectivity index (χ1) is 25.9. The van der Waals surface area contributed by atoms with Crippen LogP contribution in [0.4, 0.5) is 0 Å². The average molecular weight is 756 g/mol. The van der Waals surface area contributed by atoms with Crippen molar-refractivity contribution in [2.24, 2.45) is 0 Å². The lowest BCUT2D eigenvalue weighted by atomic mass is 9.95. The number of hydrogen-bond donors (Lipinski definition) is 2. The summed E-state index contributed by atoms with van der Waals surface area (Å²) in [5.74, 6) is 1.96. The molecule has 0 spiro atoms. The number of piperidine rings is 1. The predicted octanol–water partition coefficient (Wildman–Crippen LogP) is 9.22. The van der Waals surface area contributed by atoms with Crippen molar-refractivity contribution in [2.45, 2.75) is 95.6 Å². The quantitative estimate of drug-likeness (QED) is 0.123. The highest BCUT2D eigenvalue weighted by Gasteiger charge is 2.29. The van der Waals surface area contributed by atoms with Gasteiger partial charge in [0.15, 0.2) is 0 Å². The molecule has 8 nitrogen and oxygen atoms in total. The molecule has 0 amide bonds. The normalized spacial score (nSPS) is 18.0. The summed E-state index contributed by atoms with van der Waals surface area (Å²) in [5.41, 5.74) is 6.66. The van der Waals surface area contributed by atoms with E-state index < -0.39 is 0 Å². The third kappa shape index (κ3) is 9.46. The standard InChI is InChI=1S/C43H48Cl2N4O4/c44-38-22-31(27-48-32-7-2-1-3-8-32)41(52-28-30-21-29(24-46)25-47-26-30)23-42(38)53-39-14-13-35-34(9-4-10-36(35)39)37-11-5-12-40(43(37)45)51-20-6-17-49-18-15-33(50)16-19-49/h4-5,9-12,21-23,25-26,32-33,39,48,50H,1-3,6-8,13-20,27-28H2/t39-/m0/s1. The molecule has 1 aliphatic heterocycles. The van der Waals surface area contributed by atoms with Crippen LogP contribution in [0.3, 0.4) is 0 Å². The van der Waals surface area contributed by atoms with Gasteiger partial charge in [-0.2, -0.15) is 5.26 Å². The Morgan fingerprint density at radius 3 is 2.53 bits per heavy atom. The van der Waals surface area contributed by atoms with E-state index in [0.29, 0.717) is 52.1 Å². The molecule has 0 radical (unpaired) electrons. The summed E-state index contributed by atoms with van der Waals surface area (Å²) >= 11 is 14.0. The van der Waals surface area contributed by atoms with E-state index in [4.69, 9.17) is 37.4 Å². The van der Waals surface area contributed by atoms with Crippen LogP contribution in [0.1, 0.15) is 91.7 Å². The summed E-state index contributed by atoms with van der Waals surface area (Å²) < 4.78 is 19.3. The molecule has 1 atom stereocenters. The molecule has 7 rings (SSSR count). The zero-order chi connectivity index (χ0) is 36.6. The second kappa shape index (κ2) is 18.0. The van der Waals surface area contributed by atoms with Gasteiger partial charge in [0.1, 0.15) is 36.0 Å². The van der Waals surface area contributed by atoms with Crippen LogP contribution in [-0.4, -0.2) is 53.4 Å². The summed E-state index contributed by atoms with van der Waals surface area (Å²) in [6, 6.07) is 20.6. The van der Waals surface area contributed by atoms with Crippen molar-refractivity contribution < 1.29 is 19.3 Å². The molecule has 1 saturated carbocycles. The summed E-state index contributed by atoms with van der Waals surface area (Å²) in [4.78, 5) is 6.59. The molecule has 1 saturated heterocycles. The Kier molecular flexibility index (Phi) is 12.7. The zero-order valence-corrected chi connectivity index (χ0v) is 31.7. The Hall–Kier alpha value is -3.84. The molecule has 2 fully saturated rings. The topological polar surface area (TPSA) is 99.9 Å².